The summed E-state index contributed by atoms with van der Waals surface area (Å²) in [6, 6.07) is 0. The Morgan fingerprint density at radius 3 is 1.89 bits per heavy atom. The van der Waals surface area contributed by atoms with E-state index >= 15 is 0 Å². The van der Waals surface area contributed by atoms with Gasteiger partial charge in [0.25, 0.3) is 0 Å². The van der Waals surface area contributed by atoms with Crippen molar-refractivity contribution in [1.29, 1.82) is 0 Å². The van der Waals surface area contributed by atoms with Crippen LogP contribution in [0.1, 0.15) is 48.5 Å². The molecule has 0 rings (SSSR count). The van der Waals surface area contributed by atoms with Crippen molar-refractivity contribution in [1.82, 2.24) is 0 Å². The lowest BCUT2D eigenvalue weighted by Crippen LogP contribution is -2.21. The van der Waals surface area contributed by atoms with Gasteiger partial charge in [-0.25, -0.2) is 0 Å². The van der Waals surface area contributed by atoms with E-state index < -0.39 is 5.69 Å². The molecule has 0 radical (unpaired) electrons. The van der Waals surface area contributed by atoms with Crippen molar-refractivity contribution in [2.45, 2.75) is 58.8 Å². The van der Waals surface area contributed by atoms with E-state index in [1.54, 1.807) is 11.4 Å². The Morgan fingerprint density at radius 1 is 1.11 bits per heavy atom. The molecule has 0 saturated heterocycles. The second kappa shape index (κ2) is 7.39. The minimum absolute atomic E-state index is 0.0718. The van der Waals surface area contributed by atoms with Crippen molar-refractivity contribution in [2.24, 2.45) is 4.99 Å². The summed E-state index contributed by atoms with van der Waals surface area (Å²) in [6.45, 7) is 15.4. The maximum atomic E-state index is 5.64. The van der Waals surface area contributed by atoms with Gasteiger partial charge in [0.2, 0.25) is 5.69 Å². The van der Waals surface area contributed by atoms with E-state index in [0.29, 0.717) is 13.2 Å². The monoisotopic (exact) mass is 311 g/mol. The van der Waals surface area contributed by atoms with Crippen LogP contribution in [-0.4, -0.2) is 29.7 Å². The third kappa shape index (κ3) is 8.65. The average Bonchev–Trinajstić information content (AvgIpc) is 2.13. The molecule has 0 unspecified atom stereocenters. The molecule has 6 heteroatoms. The average molecular weight is 311 g/mol. The van der Waals surface area contributed by atoms with Crippen LogP contribution in [0.2, 0.25) is 0 Å². The standard InChI is InChI=1S/C12H26NO2PS2/c1-8-14-16(17,15-9-2)18-12(6,7)10-13-11(3,4)5/h10H,8-9H2,1-7H3. The van der Waals surface area contributed by atoms with Gasteiger partial charge in [0.15, 0.2) is 0 Å². The summed E-state index contributed by atoms with van der Waals surface area (Å²) >= 11 is 7.10. The first kappa shape index (κ1) is 18.6. The molecule has 0 aromatic carbocycles. The van der Waals surface area contributed by atoms with E-state index in [4.69, 9.17) is 20.9 Å². The lowest BCUT2D eigenvalue weighted by Gasteiger charge is -2.28. The molecule has 0 aliphatic rings. The molecule has 0 aromatic rings. The molecule has 0 N–H and O–H groups in total. The summed E-state index contributed by atoms with van der Waals surface area (Å²) in [5.74, 6) is 0. The number of aliphatic imine (C=N–C) groups is 1. The van der Waals surface area contributed by atoms with Gasteiger partial charge in [-0.3, -0.25) is 4.99 Å². The summed E-state index contributed by atoms with van der Waals surface area (Å²) < 4.78 is 11.1. The number of rotatable bonds is 7. The van der Waals surface area contributed by atoms with Gasteiger partial charge in [0.05, 0.1) is 23.5 Å². The van der Waals surface area contributed by atoms with Crippen LogP contribution in [0.25, 0.3) is 0 Å². The van der Waals surface area contributed by atoms with Gasteiger partial charge in [0.1, 0.15) is 0 Å². The fourth-order valence-electron chi connectivity index (χ4n) is 1.07. The third-order valence-electron chi connectivity index (χ3n) is 1.68. The Morgan fingerprint density at radius 2 is 1.56 bits per heavy atom. The van der Waals surface area contributed by atoms with Crippen LogP contribution in [0, 0.1) is 0 Å². The highest BCUT2D eigenvalue weighted by Crippen LogP contribution is 2.64. The van der Waals surface area contributed by atoms with E-state index in [0.717, 1.165) is 0 Å². The lowest BCUT2D eigenvalue weighted by atomic mass is 10.1. The second-order valence-electron chi connectivity index (χ2n) is 5.41. The predicted molar refractivity (Wildman–Crippen MR) is 87.5 cm³/mol. The van der Waals surface area contributed by atoms with Crippen molar-refractivity contribution < 1.29 is 9.05 Å². The van der Waals surface area contributed by atoms with Crippen LogP contribution < -0.4 is 0 Å². The molecule has 0 aliphatic heterocycles. The fourth-order valence-corrected chi connectivity index (χ4v) is 7.74. The van der Waals surface area contributed by atoms with Gasteiger partial charge in [-0.1, -0.05) is 11.4 Å². The summed E-state index contributed by atoms with van der Waals surface area (Å²) in [6.07, 6.45) is 1.96. The molecular formula is C12H26NO2PS2. The maximum absolute atomic E-state index is 5.64. The van der Waals surface area contributed by atoms with Crippen molar-refractivity contribution in [3.05, 3.63) is 0 Å². The van der Waals surface area contributed by atoms with E-state index in [2.05, 4.69) is 39.6 Å². The van der Waals surface area contributed by atoms with Crippen molar-refractivity contribution >= 4 is 35.1 Å². The van der Waals surface area contributed by atoms with E-state index in [1.807, 2.05) is 20.1 Å². The van der Waals surface area contributed by atoms with Crippen LogP contribution in [0.4, 0.5) is 0 Å². The minimum atomic E-state index is -2.26. The Balaban J connectivity index is 4.81. The minimum Gasteiger partial charge on any atom is -0.322 e. The van der Waals surface area contributed by atoms with Gasteiger partial charge in [-0.2, -0.15) is 0 Å². The van der Waals surface area contributed by atoms with Gasteiger partial charge >= 0.3 is 0 Å². The Bertz CT molecular complexity index is 315. The quantitative estimate of drug-likeness (QED) is 0.505. The van der Waals surface area contributed by atoms with E-state index in [9.17, 15) is 0 Å². The highest BCUT2D eigenvalue weighted by atomic mass is 32.9. The topological polar surface area (TPSA) is 30.8 Å². The fraction of sp³-hybridized carbons (Fsp3) is 0.917. The molecule has 0 bridgehead atoms. The lowest BCUT2D eigenvalue weighted by molar-refractivity contribution is 0.280. The molecule has 3 nitrogen and oxygen atoms in total. The molecule has 18 heavy (non-hydrogen) atoms. The first-order valence-electron chi connectivity index (χ1n) is 6.20. The molecule has 0 aliphatic carbocycles. The Labute approximate surface area is 121 Å². The highest BCUT2D eigenvalue weighted by molar-refractivity contribution is 8.68. The Kier molecular flexibility index (Phi) is 7.64. The molecule has 0 spiro atoms. The normalized spacial score (nSPS) is 14.4. The van der Waals surface area contributed by atoms with Gasteiger partial charge in [-0.05, 0) is 60.3 Å². The molecule has 108 valence electrons. The molecule has 0 saturated carbocycles. The van der Waals surface area contributed by atoms with Gasteiger partial charge < -0.3 is 9.05 Å². The summed E-state index contributed by atoms with van der Waals surface area (Å²) in [5.41, 5.74) is -2.34. The van der Waals surface area contributed by atoms with E-state index in [1.165, 1.54) is 0 Å². The van der Waals surface area contributed by atoms with Crippen LogP contribution >= 0.6 is 17.1 Å². The summed E-state index contributed by atoms with van der Waals surface area (Å²) in [7, 11) is 0. The molecule has 0 aromatic heterocycles. The zero-order chi connectivity index (χ0) is 14.4. The zero-order valence-electron chi connectivity index (χ0n) is 12.5. The third-order valence-corrected chi connectivity index (χ3v) is 7.65. The van der Waals surface area contributed by atoms with Crippen molar-refractivity contribution in [3.8, 4) is 0 Å². The van der Waals surface area contributed by atoms with Gasteiger partial charge in [-0.15, -0.1) is 0 Å². The number of nitrogens with zero attached hydrogens (tertiary/aromatic N) is 1. The van der Waals surface area contributed by atoms with Crippen LogP contribution in [0.5, 0.6) is 0 Å². The molecule has 0 amide bonds. The first-order valence-corrected chi connectivity index (χ1v) is 10.3. The number of hydrogen-bond acceptors (Lipinski definition) is 5. The van der Waals surface area contributed by atoms with Gasteiger partial charge in [0, 0.05) is 6.21 Å². The zero-order valence-corrected chi connectivity index (χ0v) is 15.0. The predicted octanol–water partition coefficient (Wildman–Crippen LogP) is 4.67. The summed E-state index contributed by atoms with van der Waals surface area (Å²) in [4.78, 5) is 4.55. The van der Waals surface area contributed by atoms with Crippen LogP contribution in [0.15, 0.2) is 4.99 Å². The number of hydrogen-bond donors (Lipinski definition) is 0. The van der Waals surface area contributed by atoms with Crippen LogP contribution in [0.3, 0.4) is 0 Å². The smallest absolute Gasteiger partial charge is 0.248 e. The molecular weight excluding hydrogens is 285 g/mol. The largest absolute Gasteiger partial charge is 0.322 e. The first-order chi connectivity index (χ1) is 8.04. The summed E-state index contributed by atoms with van der Waals surface area (Å²) in [5, 5.41) is 0. The van der Waals surface area contributed by atoms with E-state index in [-0.39, 0.29) is 10.3 Å². The Hall–Kier alpha value is 0.590. The van der Waals surface area contributed by atoms with Crippen molar-refractivity contribution in [2.75, 3.05) is 13.2 Å². The SMILES string of the molecule is CCOP(=S)(OCC)SC(C)(C)C=NC(C)(C)C. The second-order valence-corrected chi connectivity index (χ2v) is 12.2. The van der Waals surface area contributed by atoms with Crippen LogP contribution in [-0.2, 0) is 20.9 Å². The van der Waals surface area contributed by atoms with Crippen molar-refractivity contribution in [3.63, 3.8) is 0 Å². The highest BCUT2D eigenvalue weighted by Gasteiger charge is 2.29. The molecule has 0 atom stereocenters. The maximum Gasteiger partial charge on any atom is 0.248 e. The molecule has 0 fully saturated rings. The molecule has 0 heterocycles.